The van der Waals surface area contributed by atoms with E-state index in [1.807, 2.05) is 25.1 Å². The van der Waals surface area contributed by atoms with Gasteiger partial charge in [0.1, 0.15) is 5.54 Å². The van der Waals surface area contributed by atoms with E-state index in [-0.39, 0.29) is 5.91 Å². The van der Waals surface area contributed by atoms with E-state index >= 15 is 0 Å². The van der Waals surface area contributed by atoms with Gasteiger partial charge < -0.3 is 11.1 Å². The van der Waals surface area contributed by atoms with E-state index < -0.39 is 5.54 Å². The number of amides is 1. The summed E-state index contributed by atoms with van der Waals surface area (Å²) < 4.78 is 0. The molecule has 5 heteroatoms. The average molecular weight is 251 g/mol. The van der Waals surface area contributed by atoms with Crippen LogP contribution in [-0.4, -0.2) is 28.2 Å². The van der Waals surface area contributed by atoms with Crippen LogP contribution in [0.25, 0.3) is 0 Å². The Labute approximate surface area is 105 Å². The number of nitrogens with two attached hydrogens (primary N) is 1. The first kappa shape index (κ1) is 12.4. The Kier molecular flexibility index (Phi) is 3.69. The minimum atomic E-state index is -0.649. The van der Waals surface area contributed by atoms with Gasteiger partial charge in [-0.15, -0.1) is 11.8 Å². The molecule has 4 nitrogen and oxygen atoms in total. The van der Waals surface area contributed by atoms with Crippen molar-refractivity contribution in [2.45, 2.75) is 36.4 Å². The smallest absolute Gasteiger partial charge is 0.238 e. The molecule has 0 saturated heterocycles. The van der Waals surface area contributed by atoms with Gasteiger partial charge >= 0.3 is 0 Å². The van der Waals surface area contributed by atoms with Crippen LogP contribution in [0.3, 0.4) is 0 Å². The number of aromatic nitrogens is 1. The topological polar surface area (TPSA) is 68.0 Å². The fraction of sp³-hybridized carbons (Fsp3) is 0.500. The fourth-order valence-corrected chi connectivity index (χ4v) is 2.49. The lowest BCUT2D eigenvalue weighted by Crippen LogP contribution is -2.55. The number of carbonyl (C=O) groups excluding carboxylic acids is 1. The summed E-state index contributed by atoms with van der Waals surface area (Å²) in [7, 11) is 0. The maximum atomic E-state index is 11.5. The Balaban J connectivity index is 1.95. The predicted molar refractivity (Wildman–Crippen MR) is 68.7 cm³/mol. The Hall–Kier alpha value is -1.07. The van der Waals surface area contributed by atoms with Crippen LogP contribution < -0.4 is 11.1 Å². The van der Waals surface area contributed by atoms with Gasteiger partial charge in [0, 0.05) is 18.0 Å². The highest BCUT2D eigenvalue weighted by Crippen LogP contribution is 2.26. The molecule has 1 amide bonds. The molecule has 17 heavy (non-hydrogen) atoms. The summed E-state index contributed by atoms with van der Waals surface area (Å²) in [5.41, 5.74) is 4.83. The first-order valence-electron chi connectivity index (χ1n) is 5.71. The van der Waals surface area contributed by atoms with Crippen molar-refractivity contribution < 1.29 is 4.79 Å². The Morgan fingerprint density at radius 2 is 2.41 bits per heavy atom. The van der Waals surface area contributed by atoms with Gasteiger partial charge in [-0.25, -0.2) is 4.98 Å². The molecular weight excluding hydrogens is 234 g/mol. The van der Waals surface area contributed by atoms with Crippen molar-refractivity contribution in [2.75, 3.05) is 5.75 Å². The summed E-state index contributed by atoms with van der Waals surface area (Å²) >= 11 is 1.55. The molecule has 0 bridgehead atoms. The lowest BCUT2D eigenvalue weighted by molar-refractivity contribution is -0.123. The summed E-state index contributed by atoms with van der Waals surface area (Å²) in [6.07, 6.45) is 4.02. The second-order valence-electron chi connectivity index (χ2n) is 4.57. The molecule has 1 saturated carbocycles. The highest BCUT2D eigenvalue weighted by molar-refractivity contribution is 7.99. The maximum absolute atomic E-state index is 11.5. The van der Waals surface area contributed by atoms with E-state index in [1.54, 1.807) is 18.0 Å². The molecule has 1 aliphatic rings. The molecule has 3 N–H and O–H groups in total. The first-order chi connectivity index (χ1) is 8.10. The van der Waals surface area contributed by atoms with Crippen molar-refractivity contribution in [2.24, 2.45) is 5.73 Å². The van der Waals surface area contributed by atoms with Crippen LogP contribution >= 0.6 is 11.8 Å². The van der Waals surface area contributed by atoms with Crippen LogP contribution in [0.4, 0.5) is 0 Å². The predicted octanol–water partition coefficient (Wildman–Crippen LogP) is 1.17. The van der Waals surface area contributed by atoms with E-state index in [4.69, 9.17) is 5.73 Å². The van der Waals surface area contributed by atoms with Crippen LogP contribution in [0.1, 0.15) is 19.8 Å². The van der Waals surface area contributed by atoms with Crippen molar-refractivity contribution in [3.63, 3.8) is 0 Å². The van der Waals surface area contributed by atoms with Gasteiger partial charge in [-0.2, -0.15) is 0 Å². The van der Waals surface area contributed by atoms with Crippen molar-refractivity contribution in [3.05, 3.63) is 24.4 Å². The first-order valence-corrected chi connectivity index (χ1v) is 6.70. The van der Waals surface area contributed by atoms with Crippen molar-refractivity contribution >= 4 is 17.7 Å². The number of rotatable bonds is 6. The highest BCUT2D eigenvalue weighted by Gasteiger charge is 2.37. The zero-order chi connectivity index (χ0) is 12.3. The molecule has 1 atom stereocenters. The van der Waals surface area contributed by atoms with Gasteiger partial charge in [0.15, 0.2) is 0 Å². The fourth-order valence-electron chi connectivity index (χ4n) is 1.51. The zero-order valence-electron chi connectivity index (χ0n) is 9.85. The lowest BCUT2D eigenvalue weighted by Gasteiger charge is -2.27. The second-order valence-corrected chi connectivity index (χ2v) is 5.57. The van der Waals surface area contributed by atoms with Crippen LogP contribution in [-0.2, 0) is 4.79 Å². The van der Waals surface area contributed by atoms with E-state index in [0.29, 0.717) is 11.8 Å². The third kappa shape index (κ3) is 3.44. The maximum Gasteiger partial charge on any atom is 0.238 e. The van der Waals surface area contributed by atoms with Gasteiger partial charge in [-0.05, 0) is 31.9 Å². The molecule has 1 aliphatic carbocycles. The van der Waals surface area contributed by atoms with Gasteiger partial charge in [-0.1, -0.05) is 6.07 Å². The molecule has 2 rings (SSSR count). The zero-order valence-corrected chi connectivity index (χ0v) is 10.7. The summed E-state index contributed by atoms with van der Waals surface area (Å²) in [5, 5.41) is 4.23. The Bertz CT molecular complexity index is 394. The van der Waals surface area contributed by atoms with Crippen molar-refractivity contribution in [1.82, 2.24) is 10.3 Å². The molecule has 1 aromatic rings. The van der Waals surface area contributed by atoms with Gasteiger partial charge in [0.25, 0.3) is 0 Å². The van der Waals surface area contributed by atoms with Crippen molar-refractivity contribution in [1.29, 1.82) is 0 Å². The number of pyridine rings is 1. The highest BCUT2D eigenvalue weighted by atomic mass is 32.2. The third-order valence-electron chi connectivity index (χ3n) is 2.79. The standard InChI is InChI=1S/C12H17N3OS/c1-12(11(13)16,15-9-5-6-9)8-17-10-4-2-3-7-14-10/h2-4,7,9,15H,5-6,8H2,1H3,(H2,13,16). The lowest BCUT2D eigenvalue weighted by atomic mass is 10.1. The summed E-state index contributed by atoms with van der Waals surface area (Å²) in [6, 6.07) is 6.20. The Morgan fingerprint density at radius 1 is 1.65 bits per heavy atom. The van der Waals surface area contributed by atoms with Crippen LogP contribution in [0.2, 0.25) is 0 Å². The molecule has 0 aliphatic heterocycles. The van der Waals surface area contributed by atoms with Gasteiger partial charge in [0.2, 0.25) is 5.91 Å². The largest absolute Gasteiger partial charge is 0.368 e. The number of primary amides is 1. The minimum Gasteiger partial charge on any atom is -0.368 e. The second kappa shape index (κ2) is 5.06. The number of hydrogen-bond donors (Lipinski definition) is 2. The van der Waals surface area contributed by atoms with Crippen LogP contribution in [0, 0.1) is 0 Å². The minimum absolute atomic E-state index is 0.298. The molecule has 0 radical (unpaired) electrons. The number of carbonyl (C=O) groups is 1. The average Bonchev–Trinajstić information content (AvgIpc) is 3.11. The summed E-state index contributed by atoms with van der Waals surface area (Å²) in [4.78, 5) is 15.8. The molecule has 0 spiro atoms. The SMILES string of the molecule is CC(CSc1ccccn1)(NC1CC1)C(N)=O. The molecule has 1 fully saturated rings. The summed E-state index contributed by atoms with van der Waals surface area (Å²) in [5.74, 6) is 0.309. The number of hydrogen-bond acceptors (Lipinski definition) is 4. The van der Waals surface area contributed by atoms with Crippen molar-refractivity contribution in [3.8, 4) is 0 Å². The number of nitrogens with zero attached hydrogens (tertiary/aromatic N) is 1. The van der Waals surface area contributed by atoms with Crippen LogP contribution in [0.5, 0.6) is 0 Å². The molecule has 1 aromatic heterocycles. The quantitative estimate of drug-likeness (QED) is 0.745. The molecular formula is C12H17N3OS. The third-order valence-corrected chi connectivity index (χ3v) is 4.05. The molecule has 1 heterocycles. The number of thioether (sulfide) groups is 1. The Morgan fingerprint density at radius 3 is 2.94 bits per heavy atom. The monoisotopic (exact) mass is 251 g/mol. The normalized spacial score (nSPS) is 18.6. The molecule has 92 valence electrons. The van der Waals surface area contributed by atoms with E-state index in [9.17, 15) is 4.79 Å². The van der Waals surface area contributed by atoms with E-state index in [2.05, 4.69) is 10.3 Å². The van der Waals surface area contributed by atoms with Gasteiger partial charge in [0.05, 0.1) is 5.03 Å². The molecule has 1 unspecified atom stereocenters. The van der Waals surface area contributed by atoms with Gasteiger partial charge in [-0.3, -0.25) is 4.79 Å². The summed E-state index contributed by atoms with van der Waals surface area (Å²) in [6.45, 7) is 1.86. The van der Waals surface area contributed by atoms with Crippen LogP contribution in [0.15, 0.2) is 29.4 Å². The van der Waals surface area contributed by atoms with E-state index in [0.717, 1.165) is 17.9 Å². The molecule has 0 aromatic carbocycles. The number of nitrogens with one attached hydrogen (secondary N) is 1. The van der Waals surface area contributed by atoms with E-state index in [1.165, 1.54) is 0 Å².